The molecule has 0 fully saturated rings. The number of ether oxygens (including phenoxy) is 4. The van der Waals surface area contributed by atoms with E-state index in [9.17, 15) is 14.4 Å². The Labute approximate surface area is 146 Å². The second-order valence-corrected chi connectivity index (χ2v) is 5.08. The van der Waals surface area contributed by atoms with E-state index in [0.29, 0.717) is 10.2 Å². The first-order chi connectivity index (χ1) is 11.4. The van der Waals surface area contributed by atoms with Gasteiger partial charge in [-0.05, 0) is 22.0 Å². The lowest BCUT2D eigenvalue weighted by Crippen LogP contribution is -2.17. The second-order valence-electron chi connectivity index (χ2n) is 4.22. The van der Waals surface area contributed by atoms with Gasteiger partial charge in [0.1, 0.15) is 11.4 Å². The number of benzene rings is 1. The van der Waals surface area contributed by atoms with Gasteiger partial charge in [0.25, 0.3) is 0 Å². The quantitative estimate of drug-likeness (QED) is 0.438. The molecule has 1 aromatic rings. The molecule has 24 heavy (non-hydrogen) atoms. The molecule has 0 radical (unpaired) electrons. The van der Waals surface area contributed by atoms with Gasteiger partial charge in [-0.15, -0.1) is 0 Å². The number of hydrogen-bond acceptors (Lipinski definition) is 8. The van der Waals surface area contributed by atoms with Gasteiger partial charge in [0.2, 0.25) is 0 Å². The summed E-state index contributed by atoms with van der Waals surface area (Å²) >= 11 is 3.26. The fourth-order valence-electron chi connectivity index (χ4n) is 1.67. The number of rotatable bonds is 6. The molecule has 1 rings (SSSR count). The number of nitrogens with one attached hydrogen (secondary N) is 1. The Bertz CT molecular complexity index is 685. The van der Waals surface area contributed by atoms with Crippen LogP contribution in [0.15, 0.2) is 28.4 Å². The van der Waals surface area contributed by atoms with Crippen LogP contribution >= 0.6 is 15.9 Å². The summed E-state index contributed by atoms with van der Waals surface area (Å²) in [5.74, 6) is -1.85. The number of carbonyl (C=O) groups excluding carboxylic acids is 3. The van der Waals surface area contributed by atoms with Gasteiger partial charge in [0.05, 0.1) is 50.2 Å². The minimum atomic E-state index is -0.821. The van der Waals surface area contributed by atoms with Gasteiger partial charge in [-0.25, -0.2) is 14.4 Å². The lowest BCUT2D eigenvalue weighted by Gasteiger charge is -2.15. The van der Waals surface area contributed by atoms with E-state index < -0.39 is 17.9 Å². The van der Waals surface area contributed by atoms with Gasteiger partial charge in [0.15, 0.2) is 0 Å². The Morgan fingerprint density at radius 2 is 1.71 bits per heavy atom. The van der Waals surface area contributed by atoms with Crippen molar-refractivity contribution in [3.05, 3.63) is 33.9 Å². The summed E-state index contributed by atoms with van der Waals surface area (Å²) in [7, 11) is 4.97. The van der Waals surface area contributed by atoms with Crippen LogP contribution < -0.4 is 10.1 Å². The van der Waals surface area contributed by atoms with Crippen LogP contribution in [0.3, 0.4) is 0 Å². The summed E-state index contributed by atoms with van der Waals surface area (Å²) in [6, 6.07) is 2.92. The predicted molar refractivity (Wildman–Crippen MR) is 87.8 cm³/mol. The average Bonchev–Trinajstić information content (AvgIpc) is 2.60. The standard InChI is InChI=1S/C15H16BrNO7/c1-21-12-6-10(8(5-9(12)16)14(19)23-3)17-11(15(20)24-4)7-13(18)22-2/h5-7,17H,1-4H3/b11-7+. The molecule has 1 N–H and O–H groups in total. The Hall–Kier alpha value is -2.55. The SMILES string of the molecule is COC(=O)/C=C(/Nc1cc(OC)c(Br)cc1C(=O)OC)C(=O)OC. The van der Waals surface area contributed by atoms with Crippen molar-refractivity contribution in [1.82, 2.24) is 0 Å². The third kappa shape index (κ3) is 4.72. The zero-order chi connectivity index (χ0) is 18.3. The first kappa shape index (κ1) is 19.5. The molecule has 0 spiro atoms. The Kier molecular flexibility index (Phi) is 7.25. The van der Waals surface area contributed by atoms with E-state index in [0.717, 1.165) is 20.3 Å². The number of carbonyl (C=O) groups is 3. The summed E-state index contributed by atoms with van der Waals surface area (Å²) in [5, 5.41) is 2.66. The van der Waals surface area contributed by atoms with E-state index in [1.807, 2.05) is 0 Å². The highest BCUT2D eigenvalue weighted by molar-refractivity contribution is 9.10. The second kappa shape index (κ2) is 8.92. The molecule has 0 saturated heterocycles. The van der Waals surface area contributed by atoms with Crippen LogP contribution in [0.1, 0.15) is 10.4 Å². The van der Waals surface area contributed by atoms with Crippen LogP contribution in [0.2, 0.25) is 0 Å². The summed E-state index contributed by atoms with van der Waals surface area (Å²) in [4.78, 5) is 35.2. The smallest absolute Gasteiger partial charge is 0.354 e. The first-order valence-corrected chi connectivity index (χ1v) is 7.28. The third-order valence-electron chi connectivity index (χ3n) is 2.84. The number of hydrogen-bond donors (Lipinski definition) is 1. The molecular weight excluding hydrogens is 386 g/mol. The van der Waals surface area contributed by atoms with Crippen molar-refractivity contribution in [2.45, 2.75) is 0 Å². The van der Waals surface area contributed by atoms with Gasteiger partial charge in [-0.3, -0.25) is 0 Å². The van der Waals surface area contributed by atoms with Gasteiger partial charge < -0.3 is 24.3 Å². The third-order valence-corrected chi connectivity index (χ3v) is 3.46. The molecule has 0 saturated carbocycles. The highest BCUT2D eigenvalue weighted by atomic mass is 79.9. The molecule has 0 aliphatic carbocycles. The zero-order valence-electron chi connectivity index (χ0n) is 13.5. The van der Waals surface area contributed by atoms with Crippen molar-refractivity contribution in [3.8, 4) is 5.75 Å². The van der Waals surface area contributed by atoms with Crippen molar-refractivity contribution in [1.29, 1.82) is 0 Å². The van der Waals surface area contributed by atoms with E-state index in [4.69, 9.17) is 9.47 Å². The van der Waals surface area contributed by atoms with Gasteiger partial charge in [-0.2, -0.15) is 0 Å². The van der Waals surface area contributed by atoms with Crippen LogP contribution in [0.25, 0.3) is 0 Å². The topological polar surface area (TPSA) is 100 Å². The monoisotopic (exact) mass is 401 g/mol. The molecular formula is C15H16BrNO7. The van der Waals surface area contributed by atoms with E-state index in [-0.39, 0.29) is 16.9 Å². The van der Waals surface area contributed by atoms with Crippen molar-refractivity contribution in [2.75, 3.05) is 33.8 Å². The normalized spacial score (nSPS) is 10.6. The maximum atomic E-state index is 11.9. The molecule has 0 amide bonds. The maximum Gasteiger partial charge on any atom is 0.354 e. The maximum absolute atomic E-state index is 11.9. The minimum Gasteiger partial charge on any atom is -0.495 e. The molecule has 1 aromatic carbocycles. The van der Waals surface area contributed by atoms with Crippen LogP contribution in [0.5, 0.6) is 5.75 Å². The average molecular weight is 402 g/mol. The molecule has 0 aliphatic rings. The highest BCUT2D eigenvalue weighted by Crippen LogP contribution is 2.32. The van der Waals surface area contributed by atoms with E-state index in [2.05, 4.69) is 30.7 Å². The Morgan fingerprint density at radius 3 is 2.21 bits per heavy atom. The fourth-order valence-corrected chi connectivity index (χ4v) is 2.18. The number of esters is 3. The molecule has 0 bridgehead atoms. The summed E-state index contributed by atoms with van der Waals surface area (Å²) < 4.78 is 19.5. The van der Waals surface area contributed by atoms with Crippen LogP contribution in [0, 0.1) is 0 Å². The predicted octanol–water partition coefficient (Wildman–Crippen LogP) is 1.89. The lowest BCUT2D eigenvalue weighted by molar-refractivity contribution is -0.138. The molecule has 0 atom stereocenters. The molecule has 8 nitrogen and oxygen atoms in total. The van der Waals surface area contributed by atoms with E-state index in [1.165, 1.54) is 26.4 Å². The van der Waals surface area contributed by atoms with Gasteiger partial charge >= 0.3 is 17.9 Å². The zero-order valence-corrected chi connectivity index (χ0v) is 15.1. The Morgan fingerprint density at radius 1 is 1.04 bits per heavy atom. The largest absolute Gasteiger partial charge is 0.495 e. The Balaban J connectivity index is 3.40. The van der Waals surface area contributed by atoms with Crippen molar-refractivity contribution in [3.63, 3.8) is 0 Å². The molecule has 130 valence electrons. The van der Waals surface area contributed by atoms with E-state index in [1.54, 1.807) is 0 Å². The van der Waals surface area contributed by atoms with Crippen LogP contribution in [0.4, 0.5) is 5.69 Å². The van der Waals surface area contributed by atoms with Gasteiger partial charge in [-0.1, -0.05) is 0 Å². The fraction of sp³-hybridized carbons (Fsp3) is 0.267. The molecule has 9 heteroatoms. The first-order valence-electron chi connectivity index (χ1n) is 6.48. The molecule has 0 heterocycles. The highest BCUT2D eigenvalue weighted by Gasteiger charge is 2.20. The minimum absolute atomic E-state index is 0.116. The summed E-state index contributed by atoms with van der Waals surface area (Å²) in [6.07, 6.45) is 0.904. The van der Waals surface area contributed by atoms with Crippen LogP contribution in [-0.2, 0) is 23.8 Å². The van der Waals surface area contributed by atoms with Crippen LogP contribution in [-0.4, -0.2) is 46.3 Å². The van der Waals surface area contributed by atoms with Crippen molar-refractivity contribution in [2.24, 2.45) is 0 Å². The lowest BCUT2D eigenvalue weighted by atomic mass is 10.1. The van der Waals surface area contributed by atoms with Gasteiger partial charge in [0, 0.05) is 6.07 Å². The molecule has 0 aliphatic heterocycles. The summed E-state index contributed by atoms with van der Waals surface area (Å²) in [6.45, 7) is 0. The van der Waals surface area contributed by atoms with Crippen molar-refractivity contribution >= 4 is 39.5 Å². The van der Waals surface area contributed by atoms with Crippen molar-refractivity contribution < 1.29 is 33.3 Å². The van der Waals surface area contributed by atoms with E-state index >= 15 is 0 Å². The molecule has 0 unspecified atom stereocenters. The number of halogens is 1. The number of methoxy groups -OCH3 is 4. The molecule has 0 aromatic heterocycles. The number of anilines is 1. The summed E-state index contributed by atoms with van der Waals surface area (Å²) in [5.41, 5.74) is 0.0752.